The van der Waals surface area contributed by atoms with Crippen molar-refractivity contribution >= 4 is 5.69 Å². The van der Waals surface area contributed by atoms with Gasteiger partial charge in [-0.05, 0) is 25.5 Å². The zero-order chi connectivity index (χ0) is 9.40. The quantitative estimate of drug-likeness (QED) is 0.707. The molecule has 1 aromatic rings. The Kier molecular flexibility index (Phi) is 6.16. The van der Waals surface area contributed by atoms with E-state index in [4.69, 9.17) is 0 Å². The molecule has 1 heteroatoms. The Balaban J connectivity index is 0.000000561. The molecule has 0 amide bonds. The van der Waals surface area contributed by atoms with E-state index in [1.165, 1.54) is 11.3 Å². The van der Waals surface area contributed by atoms with Gasteiger partial charge in [0.15, 0.2) is 0 Å². The Morgan fingerprint density at radius 1 is 1.17 bits per heavy atom. The number of hydrogen-bond acceptors (Lipinski definition) is 1. The normalized spacial score (nSPS) is 8.33. The smallest absolute Gasteiger partial charge is 0.0369 e. The minimum absolute atomic E-state index is 0.991. The highest BCUT2D eigenvalue weighted by Crippen LogP contribution is 2.11. The molecule has 0 aliphatic heterocycles. The third kappa shape index (κ3) is 3.42. The van der Waals surface area contributed by atoms with Gasteiger partial charge in [0.2, 0.25) is 0 Å². The van der Waals surface area contributed by atoms with Gasteiger partial charge in [-0.3, -0.25) is 0 Å². The summed E-state index contributed by atoms with van der Waals surface area (Å²) in [4.78, 5) is 0. The number of aryl methyl sites for hydroxylation is 1. The first-order valence-electron chi connectivity index (χ1n) is 4.64. The standard InChI is InChI=1S/C9H13N.C2H6/c1-3-10-9-7-5-4-6-8(9)2;1-2/h4-7,10H,3H2,1-2H3;1-2H3. The summed E-state index contributed by atoms with van der Waals surface area (Å²) in [7, 11) is 0. The molecule has 12 heavy (non-hydrogen) atoms. The van der Waals surface area contributed by atoms with Crippen molar-refractivity contribution in [2.75, 3.05) is 11.9 Å². The number of hydrogen-bond donors (Lipinski definition) is 1. The second-order valence-electron chi connectivity index (χ2n) is 2.35. The molecule has 0 spiro atoms. The average molecular weight is 165 g/mol. The largest absolute Gasteiger partial charge is 0.385 e. The van der Waals surface area contributed by atoms with E-state index in [9.17, 15) is 0 Å². The van der Waals surface area contributed by atoms with Crippen molar-refractivity contribution in [2.45, 2.75) is 27.7 Å². The topological polar surface area (TPSA) is 12.0 Å². The van der Waals surface area contributed by atoms with Crippen LogP contribution in [0.3, 0.4) is 0 Å². The van der Waals surface area contributed by atoms with Crippen molar-refractivity contribution < 1.29 is 0 Å². The summed E-state index contributed by atoms with van der Waals surface area (Å²) in [5, 5.41) is 3.28. The third-order valence-electron chi connectivity index (χ3n) is 1.51. The number of nitrogens with one attached hydrogen (secondary N) is 1. The van der Waals surface area contributed by atoms with E-state index in [1.54, 1.807) is 0 Å². The molecule has 0 aliphatic carbocycles. The maximum atomic E-state index is 3.28. The molecule has 0 unspecified atom stereocenters. The van der Waals surface area contributed by atoms with Crippen LogP contribution in [0, 0.1) is 6.92 Å². The summed E-state index contributed by atoms with van der Waals surface area (Å²) in [5.41, 5.74) is 2.55. The van der Waals surface area contributed by atoms with Gasteiger partial charge >= 0.3 is 0 Å². The molecule has 0 aliphatic rings. The van der Waals surface area contributed by atoms with Gasteiger partial charge in [-0.15, -0.1) is 0 Å². The minimum Gasteiger partial charge on any atom is -0.385 e. The summed E-state index contributed by atoms with van der Waals surface area (Å²) >= 11 is 0. The molecular formula is C11H19N. The maximum absolute atomic E-state index is 3.28. The van der Waals surface area contributed by atoms with E-state index < -0.39 is 0 Å². The van der Waals surface area contributed by atoms with Gasteiger partial charge in [-0.2, -0.15) is 0 Å². The Morgan fingerprint density at radius 2 is 1.75 bits per heavy atom. The molecule has 1 nitrogen and oxygen atoms in total. The fourth-order valence-electron chi connectivity index (χ4n) is 0.962. The fraction of sp³-hybridized carbons (Fsp3) is 0.455. The number of para-hydroxylation sites is 1. The molecule has 1 aromatic carbocycles. The van der Waals surface area contributed by atoms with E-state index in [0.717, 1.165) is 6.54 Å². The number of anilines is 1. The zero-order valence-corrected chi connectivity index (χ0v) is 8.52. The predicted molar refractivity (Wildman–Crippen MR) is 56.7 cm³/mol. The van der Waals surface area contributed by atoms with Crippen LogP contribution in [0.1, 0.15) is 26.3 Å². The van der Waals surface area contributed by atoms with Crippen LogP contribution < -0.4 is 5.32 Å². The lowest BCUT2D eigenvalue weighted by Gasteiger charge is -2.04. The van der Waals surface area contributed by atoms with Gasteiger partial charge in [-0.1, -0.05) is 32.0 Å². The van der Waals surface area contributed by atoms with E-state index in [-0.39, 0.29) is 0 Å². The Hall–Kier alpha value is -0.980. The summed E-state index contributed by atoms with van der Waals surface area (Å²) in [6.07, 6.45) is 0. The molecule has 0 radical (unpaired) electrons. The van der Waals surface area contributed by atoms with Crippen LogP contribution >= 0.6 is 0 Å². The summed E-state index contributed by atoms with van der Waals surface area (Å²) < 4.78 is 0. The summed E-state index contributed by atoms with van der Waals surface area (Å²) in [6, 6.07) is 8.30. The molecule has 0 atom stereocenters. The second kappa shape index (κ2) is 6.71. The first kappa shape index (κ1) is 11.0. The fourth-order valence-corrected chi connectivity index (χ4v) is 0.962. The van der Waals surface area contributed by atoms with Crippen molar-refractivity contribution in [1.82, 2.24) is 0 Å². The Morgan fingerprint density at radius 3 is 2.25 bits per heavy atom. The van der Waals surface area contributed by atoms with Crippen LogP contribution in [-0.2, 0) is 0 Å². The van der Waals surface area contributed by atoms with Crippen LogP contribution in [0.25, 0.3) is 0 Å². The average Bonchev–Trinajstić information content (AvgIpc) is 2.13. The van der Waals surface area contributed by atoms with Crippen molar-refractivity contribution in [2.24, 2.45) is 0 Å². The van der Waals surface area contributed by atoms with E-state index >= 15 is 0 Å². The lowest BCUT2D eigenvalue weighted by molar-refractivity contribution is 1.20. The molecule has 68 valence electrons. The van der Waals surface area contributed by atoms with Crippen LogP contribution in [0.15, 0.2) is 24.3 Å². The summed E-state index contributed by atoms with van der Waals surface area (Å²) in [6.45, 7) is 9.20. The van der Waals surface area contributed by atoms with Gasteiger partial charge in [0.25, 0.3) is 0 Å². The molecular weight excluding hydrogens is 146 g/mol. The van der Waals surface area contributed by atoms with E-state index in [2.05, 4.69) is 37.4 Å². The monoisotopic (exact) mass is 165 g/mol. The highest BCUT2D eigenvalue weighted by atomic mass is 14.9. The van der Waals surface area contributed by atoms with E-state index in [0.29, 0.717) is 0 Å². The van der Waals surface area contributed by atoms with Crippen molar-refractivity contribution in [3.05, 3.63) is 29.8 Å². The maximum Gasteiger partial charge on any atom is 0.0369 e. The third-order valence-corrected chi connectivity index (χ3v) is 1.51. The minimum atomic E-state index is 0.991. The first-order chi connectivity index (χ1) is 5.84. The molecule has 0 saturated carbocycles. The van der Waals surface area contributed by atoms with Gasteiger partial charge in [0.1, 0.15) is 0 Å². The second-order valence-corrected chi connectivity index (χ2v) is 2.35. The SMILES string of the molecule is CC.CCNc1ccccc1C. The van der Waals surface area contributed by atoms with Crippen LogP contribution in [-0.4, -0.2) is 6.54 Å². The van der Waals surface area contributed by atoms with Gasteiger partial charge in [0.05, 0.1) is 0 Å². The molecule has 0 aromatic heterocycles. The van der Waals surface area contributed by atoms with E-state index in [1.807, 2.05) is 19.9 Å². The molecule has 0 saturated heterocycles. The van der Waals surface area contributed by atoms with Crippen LogP contribution in [0.2, 0.25) is 0 Å². The summed E-state index contributed by atoms with van der Waals surface area (Å²) in [5.74, 6) is 0. The van der Waals surface area contributed by atoms with Crippen LogP contribution in [0.5, 0.6) is 0 Å². The predicted octanol–water partition coefficient (Wildman–Crippen LogP) is 3.45. The van der Waals surface area contributed by atoms with Gasteiger partial charge < -0.3 is 5.32 Å². The zero-order valence-electron chi connectivity index (χ0n) is 8.52. The molecule has 1 N–H and O–H groups in total. The number of benzene rings is 1. The highest BCUT2D eigenvalue weighted by molar-refractivity contribution is 5.49. The van der Waals surface area contributed by atoms with Crippen LogP contribution in [0.4, 0.5) is 5.69 Å². The first-order valence-corrected chi connectivity index (χ1v) is 4.64. The Labute approximate surface area is 75.8 Å². The molecule has 0 fully saturated rings. The van der Waals surface area contributed by atoms with Crippen molar-refractivity contribution in [1.29, 1.82) is 0 Å². The lowest BCUT2D eigenvalue weighted by Crippen LogP contribution is -1.97. The number of rotatable bonds is 2. The molecule has 0 heterocycles. The van der Waals surface area contributed by atoms with Gasteiger partial charge in [-0.25, -0.2) is 0 Å². The van der Waals surface area contributed by atoms with Crippen molar-refractivity contribution in [3.63, 3.8) is 0 Å². The molecule has 1 rings (SSSR count). The van der Waals surface area contributed by atoms with Crippen molar-refractivity contribution in [3.8, 4) is 0 Å². The Bertz CT molecular complexity index is 206. The highest BCUT2D eigenvalue weighted by Gasteiger charge is 1.90. The van der Waals surface area contributed by atoms with Gasteiger partial charge in [0, 0.05) is 12.2 Å². The lowest BCUT2D eigenvalue weighted by atomic mass is 10.2. The molecule has 0 bridgehead atoms.